The Kier molecular flexibility index (Phi) is 3.37. The van der Waals surface area contributed by atoms with Gasteiger partial charge in [-0.05, 0) is 20.8 Å². The molecule has 1 fully saturated rings. The summed E-state index contributed by atoms with van der Waals surface area (Å²) < 4.78 is 0. The number of anilines is 2. The van der Waals surface area contributed by atoms with E-state index < -0.39 is 5.54 Å². The van der Waals surface area contributed by atoms with Crippen molar-refractivity contribution in [3.05, 3.63) is 12.4 Å². The largest absolute Gasteiger partial charge is 0.369 e. The monoisotopic (exact) mass is 263 g/mol. The van der Waals surface area contributed by atoms with E-state index in [0.717, 1.165) is 6.54 Å². The van der Waals surface area contributed by atoms with E-state index in [1.807, 2.05) is 6.92 Å². The molecule has 102 valence electrons. The lowest BCUT2D eigenvalue weighted by Gasteiger charge is -2.40. The van der Waals surface area contributed by atoms with Crippen molar-refractivity contribution in [2.75, 3.05) is 23.3 Å². The van der Waals surface area contributed by atoms with Crippen molar-refractivity contribution in [2.24, 2.45) is 0 Å². The average Bonchev–Trinajstić information content (AvgIpc) is 2.35. The fourth-order valence-electron chi connectivity index (χ4n) is 1.90. The molecule has 19 heavy (non-hydrogen) atoms. The lowest BCUT2D eigenvalue weighted by Crippen LogP contribution is -2.64. The molecule has 7 nitrogen and oxygen atoms in total. The van der Waals surface area contributed by atoms with Crippen molar-refractivity contribution >= 4 is 23.5 Å². The van der Waals surface area contributed by atoms with Crippen LogP contribution in [-0.2, 0) is 9.59 Å². The molecule has 2 rings (SSSR count). The number of amides is 2. The molecule has 7 heteroatoms. The van der Waals surface area contributed by atoms with Gasteiger partial charge < -0.3 is 10.2 Å². The molecule has 1 saturated heterocycles. The van der Waals surface area contributed by atoms with Gasteiger partial charge in [-0.3, -0.25) is 19.9 Å². The highest BCUT2D eigenvalue weighted by Crippen LogP contribution is 2.24. The predicted octanol–water partition coefficient (Wildman–Crippen LogP) is 0.150. The standard InChI is InChI=1S/C12H17N5O2/c1-4-14-8-5-13-6-9(15-8)17-7-10(18)16-11(19)12(17,2)3/h5-6H,4,7H2,1-3H3,(H,14,15)(H,16,18,19). The summed E-state index contributed by atoms with van der Waals surface area (Å²) in [6, 6.07) is 0. The van der Waals surface area contributed by atoms with Crippen LogP contribution in [0.5, 0.6) is 0 Å². The number of imide groups is 1. The number of rotatable bonds is 3. The summed E-state index contributed by atoms with van der Waals surface area (Å²) in [6.45, 7) is 6.26. The van der Waals surface area contributed by atoms with E-state index in [1.165, 1.54) is 0 Å². The van der Waals surface area contributed by atoms with Crippen LogP contribution in [0.25, 0.3) is 0 Å². The van der Waals surface area contributed by atoms with E-state index >= 15 is 0 Å². The minimum atomic E-state index is -0.840. The summed E-state index contributed by atoms with van der Waals surface area (Å²) in [5.74, 6) is 0.459. The first-order chi connectivity index (χ1) is 8.95. The quantitative estimate of drug-likeness (QED) is 0.755. The second-order valence-electron chi connectivity index (χ2n) is 4.82. The molecule has 0 aliphatic carbocycles. The van der Waals surface area contributed by atoms with Crippen molar-refractivity contribution in [1.29, 1.82) is 0 Å². The van der Waals surface area contributed by atoms with Gasteiger partial charge in [-0.1, -0.05) is 0 Å². The second-order valence-corrected chi connectivity index (χ2v) is 4.82. The molecule has 0 spiro atoms. The fraction of sp³-hybridized carbons (Fsp3) is 0.500. The van der Waals surface area contributed by atoms with Crippen molar-refractivity contribution in [3.8, 4) is 0 Å². The highest BCUT2D eigenvalue weighted by molar-refractivity contribution is 6.06. The highest BCUT2D eigenvalue weighted by atomic mass is 16.2. The summed E-state index contributed by atoms with van der Waals surface area (Å²) in [7, 11) is 0. The van der Waals surface area contributed by atoms with Gasteiger partial charge in [0.2, 0.25) is 5.91 Å². The van der Waals surface area contributed by atoms with Crippen LogP contribution in [-0.4, -0.2) is 40.4 Å². The molecule has 0 saturated carbocycles. The van der Waals surface area contributed by atoms with E-state index in [-0.39, 0.29) is 18.4 Å². The van der Waals surface area contributed by atoms with Crippen molar-refractivity contribution in [3.63, 3.8) is 0 Å². The maximum Gasteiger partial charge on any atom is 0.251 e. The lowest BCUT2D eigenvalue weighted by molar-refractivity contribution is -0.135. The zero-order valence-corrected chi connectivity index (χ0v) is 11.2. The van der Waals surface area contributed by atoms with Crippen molar-refractivity contribution in [2.45, 2.75) is 26.3 Å². The number of nitrogens with one attached hydrogen (secondary N) is 2. The topological polar surface area (TPSA) is 87.2 Å². The van der Waals surface area contributed by atoms with Gasteiger partial charge in [0.05, 0.1) is 18.9 Å². The van der Waals surface area contributed by atoms with Crippen LogP contribution in [0.3, 0.4) is 0 Å². The Bertz CT molecular complexity index is 515. The highest BCUT2D eigenvalue weighted by Gasteiger charge is 2.41. The third-order valence-electron chi connectivity index (χ3n) is 3.04. The van der Waals surface area contributed by atoms with E-state index in [9.17, 15) is 9.59 Å². The zero-order chi connectivity index (χ0) is 14.0. The van der Waals surface area contributed by atoms with Crippen LogP contribution in [0, 0.1) is 0 Å². The fourth-order valence-corrected chi connectivity index (χ4v) is 1.90. The minimum Gasteiger partial charge on any atom is -0.369 e. The first-order valence-corrected chi connectivity index (χ1v) is 6.13. The Labute approximate surface area is 111 Å². The van der Waals surface area contributed by atoms with E-state index in [2.05, 4.69) is 20.6 Å². The van der Waals surface area contributed by atoms with Gasteiger partial charge in [0.1, 0.15) is 11.4 Å². The maximum absolute atomic E-state index is 11.9. The minimum absolute atomic E-state index is 0.0863. The Hall–Kier alpha value is -2.18. The van der Waals surface area contributed by atoms with E-state index in [0.29, 0.717) is 11.6 Å². The van der Waals surface area contributed by atoms with Gasteiger partial charge in [-0.15, -0.1) is 0 Å². The number of hydrogen-bond acceptors (Lipinski definition) is 6. The Morgan fingerprint density at radius 3 is 2.84 bits per heavy atom. The number of hydrogen-bond donors (Lipinski definition) is 2. The van der Waals surface area contributed by atoms with Gasteiger partial charge in [-0.2, -0.15) is 0 Å². The molecule has 0 atom stereocenters. The first kappa shape index (κ1) is 13.3. The van der Waals surface area contributed by atoms with Crippen molar-refractivity contribution in [1.82, 2.24) is 15.3 Å². The third-order valence-corrected chi connectivity index (χ3v) is 3.04. The number of carbonyl (C=O) groups excluding carboxylic acids is 2. The van der Waals surface area contributed by atoms with Crippen LogP contribution < -0.4 is 15.5 Å². The van der Waals surface area contributed by atoms with Crippen LogP contribution in [0.4, 0.5) is 11.6 Å². The SMILES string of the molecule is CCNc1cncc(N2CC(=O)NC(=O)C2(C)C)n1. The second kappa shape index (κ2) is 4.83. The van der Waals surface area contributed by atoms with Gasteiger partial charge in [0.15, 0.2) is 5.82 Å². The number of piperazine rings is 1. The molecule has 0 unspecified atom stereocenters. The van der Waals surface area contributed by atoms with E-state index in [1.54, 1.807) is 31.1 Å². The smallest absolute Gasteiger partial charge is 0.251 e. The Balaban J connectivity index is 2.35. The molecule has 0 radical (unpaired) electrons. The normalized spacial score (nSPS) is 18.2. The molecule has 1 aliphatic rings. The summed E-state index contributed by atoms with van der Waals surface area (Å²) in [6.07, 6.45) is 3.15. The molecular weight excluding hydrogens is 246 g/mol. The maximum atomic E-state index is 11.9. The van der Waals surface area contributed by atoms with Crippen LogP contribution in [0.1, 0.15) is 20.8 Å². The van der Waals surface area contributed by atoms with Crippen LogP contribution >= 0.6 is 0 Å². The van der Waals surface area contributed by atoms with Crippen LogP contribution in [0.2, 0.25) is 0 Å². The predicted molar refractivity (Wildman–Crippen MR) is 70.8 cm³/mol. The van der Waals surface area contributed by atoms with Gasteiger partial charge >= 0.3 is 0 Å². The lowest BCUT2D eigenvalue weighted by atomic mass is 9.99. The molecule has 1 aromatic heterocycles. The first-order valence-electron chi connectivity index (χ1n) is 6.13. The molecule has 2 N–H and O–H groups in total. The number of nitrogens with zero attached hydrogens (tertiary/aromatic N) is 3. The molecule has 0 aromatic carbocycles. The molecule has 2 amide bonds. The summed E-state index contributed by atoms with van der Waals surface area (Å²) >= 11 is 0. The number of carbonyl (C=O) groups is 2. The van der Waals surface area contributed by atoms with Crippen molar-refractivity contribution < 1.29 is 9.59 Å². The Morgan fingerprint density at radius 1 is 1.42 bits per heavy atom. The Morgan fingerprint density at radius 2 is 2.16 bits per heavy atom. The average molecular weight is 263 g/mol. The third kappa shape index (κ3) is 2.49. The summed E-state index contributed by atoms with van der Waals surface area (Å²) in [5, 5.41) is 5.38. The van der Waals surface area contributed by atoms with Gasteiger partial charge in [0.25, 0.3) is 5.91 Å². The molecule has 1 aromatic rings. The molecule has 0 bridgehead atoms. The molecular formula is C12H17N5O2. The van der Waals surface area contributed by atoms with Gasteiger partial charge in [-0.25, -0.2) is 4.98 Å². The summed E-state index contributed by atoms with van der Waals surface area (Å²) in [4.78, 5) is 33.5. The number of aromatic nitrogens is 2. The van der Waals surface area contributed by atoms with E-state index in [4.69, 9.17) is 0 Å². The molecule has 2 heterocycles. The zero-order valence-electron chi connectivity index (χ0n) is 11.2. The van der Waals surface area contributed by atoms with Gasteiger partial charge in [0, 0.05) is 6.54 Å². The summed E-state index contributed by atoms with van der Waals surface area (Å²) in [5.41, 5.74) is -0.840. The van der Waals surface area contributed by atoms with Crippen LogP contribution in [0.15, 0.2) is 12.4 Å². The molecule has 1 aliphatic heterocycles.